The van der Waals surface area contributed by atoms with Crippen molar-refractivity contribution in [3.63, 3.8) is 0 Å². The van der Waals surface area contributed by atoms with Crippen LogP contribution in [0, 0.1) is 32.6 Å². The summed E-state index contributed by atoms with van der Waals surface area (Å²) in [6.45, 7) is 6.10. The van der Waals surface area contributed by atoms with Gasteiger partial charge >= 0.3 is 5.97 Å². The van der Waals surface area contributed by atoms with E-state index in [2.05, 4.69) is 36.3 Å². The molecular weight excluding hydrogens is 364 g/mol. The van der Waals surface area contributed by atoms with Gasteiger partial charge in [-0.25, -0.2) is 4.98 Å². The first-order valence-corrected chi connectivity index (χ1v) is 9.91. The Bertz CT molecular complexity index is 923. The third-order valence-corrected chi connectivity index (χ3v) is 6.55. The zero-order valence-electron chi connectivity index (χ0n) is 15.5. The largest absolute Gasteiger partial charge is 0.481 e. The number of ether oxygens (including phenoxy) is 1. The molecule has 2 aromatic rings. The highest BCUT2D eigenvalue weighted by Crippen LogP contribution is 2.44. The quantitative estimate of drug-likeness (QED) is 0.839. The van der Waals surface area contributed by atoms with E-state index in [0.29, 0.717) is 11.6 Å². The van der Waals surface area contributed by atoms with Gasteiger partial charge in [0.2, 0.25) is 5.91 Å². The number of nitrogens with zero attached hydrogens (tertiary/aromatic N) is 1. The lowest BCUT2D eigenvalue weighted by molar-refractivity contribution is -0.147. The van der Waals surface area contributed by atoms with Gasteiger partial charge in [-0.3, -0.25) is 9.59 Å². The standard InChI is InChI=1S/C20H22N2O4S/c1-9-4-5-12(8-10(9)2)17-11(3)27-20(21-17)22-18(23)15-13-6-7-14(26-13)16(15)19(24)25/h4-5,8,13-16H,6-7H2,1-3H3,(H,24,25)(H,21,22,23)/t13-,14+,15+,16+/m1/s1. The van der Waals surface area contributed by atoms with Gasteiger partial charge in [-0.05, 0) is 50.8 Å². The number of carbonyl (C=O) groups excluding carboxylic acids is 1. The minimum absolute atomic E-state index is 0.309. The monoisotopic (exact) mass is 386 g/mol. The predicted octanol–water partition coefficient (Wildman–Crippen LogP) is 3.55. The zero-order chi connectivity index (χ0) is 19.3. The van der Waals surface area contributed by atoms with Crippen molar-refractivity contribution >= 4 is 28.3 Å². The molecule has 3 heterocycles. The van der Waals surface area contributed by atoms with Crippen molar-refractivity contribution in [3.05, 3.63) is 34.2 Å². The van der Waals surface area contributed by atoms with E-state index in [1.165, 1.54) is 22.5 Å². The van der Waals surface area contributed by atoms with Crippen LogP contribution in [0.1, 0.15) is 28.8 Å². The number of fused-ring (bicyclic) bond motifs is 2. The van der Waals surface area contributed by atoms with Crippen LogP contribution in [0.25, 0.3) is 11.3 Å². The molecule has 7 heteroatoms. The molecule has 0 aliphatic carbocycles. The number of aromatic nitrogens is 1. The molecule has 0 radical (unpaired) electrons. The van der Waals surface area contributed by atoms with E-state index < -0.39 is 17.8 Å². The minimum atomic E-state index is -0.964. The Morgan fingerprint density at radius 3 is 2.52 bits per heavy atom. The molecule has 6 nitrogen and oxygen atoms in total. The molecule has 0 spiro atoms. The van der Waals surface area contributed by atoms with E-state index in [4.69, 9.17) is 4.74 Å². The minimum Gasteiger partial charge on any atom is -0.481 e. The number of carboxylic acids is 1. The normalized spacial score (nSPS) is 26.3. The Balaban J connectivity index is 1.56. The van der Waals surface area contributed by atoms with Crippen LogP contribution < -0.4 is 5.32 Å². The first kappa shape index (κ1) is 18.1. The van der Waals surface area contributed by atoms with Gasteiger partial charge in [0.15, 0.2) is 5.13 Å². The topological polar surface area (TPSA) is 88.5 Å². The molecule has 1 amide bonds. The molecular formula is C20H22N2O4S. The number of carboxylic acid groups (broad SMARTS) is 1. The molecule has 27 heavy (non-hydrogen) atoms. The van der Waals surface area contributed by atoms with Gasteiger partial charge in [0.25, 0.3) is 0 Å². The van der Waals surface area contributed by atoms with Crippen molar-refractivity contribution in [2.45, 2.75) is 45.8 Å². The predicted molar refractivity (Wildman–Crippen MR) is 103 cm³/mol. The molecule has 0 unspecified atom stereocenters. The molecule has 4 atom stereocenters. The zero-order valence-corrected chi connectivity index (χ0v) is 16.3. The number of rotatable bonds is 4. The number of aliphatic carboxylic acids is 1. The summed E-state index contributed by atoms with van der Waals surface area (Å²) in [5.41, 5.74) is 4.27. The van der Waals surface area contributed by atoms with Crippen molar-refractivity contribution in [2.75, 3.05) is 5.32 Å². The fourth-order valence-corrected chi connectivity index (χ4v) is 4.96. The molecule has 4 rings (SSSR count). The van der Waals surface area contributed by atoms with E-state index in [0.717, 1.165) is 22.6 Å². The molecule has 2 aliphatic rings. The third kappa shape index (κ3) is 3.15. The maximum atomic E-state index is 12.8. The van der Waals surface area contributed by atoms with E-state index in [9.17, 15) is 14.7 Å². The smallest absolute Gasteiger partial charge is 0.310 e. The summed E-state index contributed by atoms with van der Waals surface area (Å²) < 4.78 is 5.68. The van der Waals surface area contributed by atoms with E-state index >= 15 is 0 Å². The number of hydrogen-bond acceptors (Lipinski definition) is 5. The summed E-state index contributed by atoms with van der Waals surface area (Å²) in [5.74, 6) is -2.71. The Kier molecular flexibility index (Phi) is 4.52. The summed E-state index contributed by atoms with van der Waals surface area (Å²) in [6.07, 6.45) is 0.777. The second kappa shape index (κ2) is 6.73. The van der Waals surface area contributed by atoms with Gasteiger partial charge in [0, 0.05) is 10.4 Å². The highest BCUT2D eigenvalue weighted by atomic mass is 32.1. The van der Waals surface area contributed by atoms with E-state index in [1.54, 1.807) is 0 Å². The van der Waals surface area contributed by atoms with Crippen molar-refractivity contribution in [2.24, 2.45) is 11.8 Å². The Hall–Kier alpha value is -2.25. The Morgan fingerprint density at radius 2 is 1.85 bits per heavy atom. The van der Waals surface area contributed by atoms with Gasteiger partial charge in [-0.1, -0.05) is 12.1 Å². The number of nitrogens with one attached hydrogen (secondary N) is 1. The highest BCUT2D eigenvalue weighted by molar-refractivity contribution is 7.16. The maximum absolute atomic E-state index is 12.8. The van der Waals surface area contributed by atoms with Gasteiger partial charge < -0.3 is 15.2 Å². The average Bonchev–Trinajstić information content (AvgIpc) is 3.31. The molecule has 1 aromatic carbocycles. The van der Waals surface area contributed by atoms with Crippen LogP contribution in [0.4, 0.5) is 5.13 Å². The number of aryl methyl sites for hydroxylation is 3. The second-order valence-electron chi connectivity index (χ2n) is 7.39. The molecule has 2 bridgehead atoms. The lowest BCUT2D eigenvalue weighted by atomic mass is 9.79. The number of anilines is 1. The van der Waals surface area contributed by atoms with Crippen LogP contribution in [0.15, 0.2) is 18.2 Å². The molecule has 2 aliphatic heterocycles. The summed E-state index contributed by atoms with van der Waals surface area (Å²) in [5, 5.41) is 12.8. The lowest BCUT2D eigenvalue weighted by Crippen LogP contribution is -2.40. The number of hydrogen-bond donors (Lipinski definition) is 2. The van der Waals surface area contributed by atoms with Crippen LogP contribution in [0.3, 0.4) is 0 Å². The third-order valence-electron chi connectivity index (χ3n) is 5.67. The summed E-state index contributed by atoms with van der Waals surface area (Å²) in [4.78, 5) is 30.0. The van der Waals surface area contributed by atoms with E-state index in [-0.39, 0.29) is 18.1 Å². The molecule has 0 saturated carbocycles. The van der Waals surface area contributed by atoms with Gasteiger partial charge in [0.1, 0.15) is 0 Å². The lowest BCUT2D eigenvalue weighted by Gasteiger charge is -2.23. The Labute approximate surface area is 161 Å². The maximum Gasteiger partial charge on any atom is 0.310 e. The Morgan fingerprint density at radius 1 is 1.15 bits per heavy atom. The van der Waals surface area contributed by atoms with Crippen LogP contribution in [0.2, 0.25) is 0 Å². The van der Waals surface area contributed by atoms with Crippen LogP contribution in [-0.4, -0.2) is 34.2 Å². The highest BCUT2D eigenvalue weighted by Gasteiger charge is 2.55. The summed E-state index contributed by atoms with van der Waals surface area (Å²) >= 11 is 1.40. The second-order valence-corrected chi connectivity index (χ2v) is 8.60. The average molecular weight is 386 g/mol. The van der Waals surface area contributed by atoms with Gasteiger partial charge in [-0.15, -0.1) is 11.3 Å². The molecule has 1 aromatic heterocycles. The van der Waals surface area contributed by atoms with Gasteiger partial charge in [-0.2, -0.15) is 0 Å². The fraction of sp³-hybridized carbons (Fsp3) is 0.450. The van der Waals surface area contributed by atoms with Crippen molar-refractivity contribution in [3.8, 4) is 11.3 Å². The summed E-state index contributed by atoms with van der Waals surface area (Å²) in [7, 11) is 0. The molecule has 2 N–H and O–H groups in total. The molecule has 2 fully saturated rings. The van der Waals surface area contributed by atoms with Gasteiger partial charge in [0.05, 0.1) is 29.7 Å². The number of benzene rings is 1. The fourth-order valence-electron chi connectivity index (χ4n) is 4.12. The first-order chi connectivity index (χ1) is 12.8. The van der Waals surface area contributed by atoms with Crippen LogP contribution in [0.5, 0.6) is 0 Å². The molecule has 142 valence electrons. The van der Waals surface area contributed by atoms with E-state index in [1.807, 2.05) is 13.0 Å². The van der Waals surface area contributed by atoms with Crippen molar-refractivity contribution in [1.82, 2.24) is 4.98 Å². The molecule has 2 saturated heterocycles. The SMILES string of the molecule is Cc1ccc(-c2nc(NC(=O)[C@@H]3[C@@H](C(=O)O)[C@@H]4CC[C@H]3O4)sc2C)cc1C. The first-order valence-electron chi connectivity index (χ1n) is 9.09. The van der Waals surface area contributed by atoms with Crippen LogP contribution >= 0.6 is 11.3 Å². The van der Waals surface area contributed by atoms with Crippen LogP contribution in [-0.2, 0) is 14.3 Å². The van der Waals surface area contributed by atoms with Crippen molar-refractivity contribution < 1.29 is 19.4 Å². The number of carbonyl (C=O) groups is 2. The summed E-state index contributed by atoms with van der Waals surface area (Å²) in [6, 6.07) is 6.18. The van der Waals surface area contributed by atoms with Crippen molar-refractivity contribution in [1.29, 1.82) is 0 Å². The number of thiazole rings is 1. The number of amides is 1.